The van der Waals surface area contributed by atoms with Crippen LogP contribution in [0.15, 0.2) is 41.1 Å². The van der Waals surface area contributed by atoms with Crippen LogP contribution in [0.2, 0.25) is 0 Å². The van der Waals surface area contributed by atoms with E-state index < -0.39 is 0 Å². The maximum atomic E-state index is 5.72. The number of hydrogen-bond acceptors (Lipinski definition) is 3. The van der Waals surface area contributed by atoms with Gasteiger partial charge in [0.25, 0.3) is 0 Å². The molecule has 17 heavy (non-hydrogen) atoms. The van der Waals surface area contributed by atoms with Gasteiger partial charge in [-0.05, 0) is 46.6 Å². The zero-order valence-electron chi connectivity index (χ0n) is 9.61. The number of hydrogen-bond donors (Lipinski definition) is 0. The van der Waals surface area contributed by atoms with Crippen molar-refractivity contribution in [3.05, 3.63) is 46.7 Å². The van der Waals surface area contributed by atoms with Crippen LogP contribution in [0.1, 0.15) is 5.56 Å². The molecule has 0 unspecified atom stereocenters. The molecule has 0 fully saturated rings. The summed E-state index contributed by atoms with van der Waals surface area (Å²) in [5.41, 5.74) is 1.13. The van der Waals surface area contributed by atoms with E-state index in [0.717, 1.165) is 10.0 Å². The fourth-order valence-electron chi connectivity index (χ4n) is 1.43. The molecular weight excluding hydrogens is 282 g/mol. The summed E-state index contributed by atoms with van der Waals surface area (Å²) in [6.45, 7) is 2.01. The van der Waals surface area contributed by atoms with Crippen LogP contribution in [-0.2, 0) is 0 Å². The molecular formula is C13H12BrNO2. The van der Waals surface area contributed by atoms with E-state index in [2.05, 4.69) is 20.9 Å². The Labute approximate surface area is 109 Å². The van der Waals surface area contributed by atoms with Crippen LogP contribution in [0.3, 0.4) is 0 Å². The summed E-state index contributed by atoms with van der Waals surface area (Å²) < 4.78 is 11.9. The number of methoxy groups -OCH3 is 1. The molecule has 2 rings (SSSR count). The fourth-order valence-corrected chi connectivity index (χ4v) is 1.78. The minimum absolute atomic E-state index is 0.668. The Kier molecular flexibility index (Phi) is 3.64. The van der Waals surface area contributed by atoms with Gasteiger partial charge in [-0.25, -0.2) is 0 Å². The lowest BCUT2D eigenvalue weighted by Crippen LogP contribution is -1.91. The third-order valence-corrected chi connectivity index (χ3v) is 2.66. The monoisotopic (exact) mass is 293 g/mol. The van der Waals surface area contributed by atoms with Crippen molar-refractivity contribution in [3.63, 3.8) is 0 Å². The lowest BCUT2D eigenvalue weighted by molar-refractivity contribution is 0.378. The first-order chi connectivity index (χ1) is 8.19. The van der Waals surface area contributed by atoms with Gasteiger partial charge in [-0.2, -0.15) is 0 Å². The molecule has 3 nitrogen and oxygen atoms in total. The highest BCUT2D eigenvalue weighted by molar-refractivity contribution is 9.10. The second kappa shape index (κ2) is 5.19. The zero-order valence-corrected chi connectivity index (χ0v) is 11.2. The molecule has 1 heterocycles. The van der Waals surface area contributed by atoms with Gasteiger partial charge in [0, 0.05) is 10.7 Å². The van der Waals surface area contributed by atoms with Crippen molar-refractivity contribution in [1.82, 2.24) is 4.98 Å². The van der Waals surface area contributed by atoms with E-state index in [0.29, 0.717) is 17.2 Å². The van der Waals surface area contributed by atoms with E-state index in [-0.39, 0.29) is 0 Å². The molecule has 0 aliphatic heterocycles. The molecule has 1 aromatic carbocycles. The average Bonchev–Trinajstić information content (AvgIpc) is 2.31. The van der Waals surface area contributed by atoms with Crippen molar-refractivity contribution in [2.24, 2.45) is 0 Å². The van der Waals surface area contributed by atoms with Gasteiger partial charge in [-0.15, -0.1) is 0 Å². The average molecular weight is 294 g/mol. The summed E-state index contributed by atoms with van der Waals surface area (Å²) in [5, 5.41) is 0. The van der Waals surface area contributed by atoms with Crippen LogP contribution in [0.25, 0.3) is 0 Å². The Bertz CT molecular complexity index is 529. The molecule has 0 N–H and O–H groups in total. The van der Waals surface area contributed by atoms with E-state index in [1.807, 2.05) is 31.2 Å². The number of rotatable bonds is 3. The van der Waals surface area contributed by atoms with Gasteiger partial charge in [-0.3, -0.25) is 4.98 Å². The van der Waals surface area contributed by atoms with E-state index in [4.69, 9.17) is 9.47 Å². The van der Waals surface area contributed by atoms with Crippen LogP contribution >= 0.6 is 15.9 Å². The molecule has 0 radical (unpaired) electrons. The lowest BCUT2D eigenvalue weighted by Gasteiger charge is -2.10. The van der Waals surface area contributed by atoms with Gasteiger partial charge >= 0.3 is 0 Å². The highest BCUT2D eigenvalue weighted by atomic mass is 79.9. The highest BCUT2D eigenvalue weighted by Gasteiger charge is 2.06. The SMILES string of the molecule is COc1cc(C)ccc1Oc1cncc(Br)c1. The van der Waals surface area contributed by atoms with Gasteiger partial charge in [-0.1, -0.05) is 6.07 Å². The van der Waals surface area contributed by atoms with Crippen LogP contribution in [0.4, 0.5) is 0 Å². The van der Waals surface area contributed by atoms with Crippen molar-refractivity contribution in [3.8, 4) is 17.2 Å². The largest absolute Gasteiger partial charge is 0.493 e. The van der Waals surface area contributed by atoms with Gasteiger partial charge in [0.2, 0.25) is 0 Å². The normalized spacial score (nSPS) is 10.1. The standard InChI is InChI=1S/C13H12BrNO2/c1-9-3-4-12(13(5-9)16-2)17-11-6-10(14)7-15-8-11/h3-8H,1-2H3. The number of ether oxygens (including phenoxy) is 2. The molecule has 4 heteroatoms. The topological polar surface area (TPSA) is 31.4 Å². The molecule has 0 saturated heterocycles. The Morgan fingerprint density at radius 2 is 1.94 bits per heavy atom. The van der Waals surface area contributed by atoms with Crippen molar-refractivity contribution < 1.29 is 9.47 Å². The molecule has 0 saturated carbocycles. The van der Waals surface area contributed by atoms with Crippen molar-refractivity contribution >= 4 is 15.9 Å². The van der Waals surface area contributed by atoms with E-state index in [1.54, 1.807) is 19.5 Å². The highest BCUT2D eigenvalue weighted by Crippen LogP contribution is 2.32. The summed E-state index contributed by atoms with van der Waals surface area (Å²) in [6, 6.07) is 7.64. The number of halogens is 1. The molecule has 88 valence electrons. The summed E-state index contributed by atoms with van der Waals surface area (Å²) in [7, 11) is 1.63. The molecule has 0 aliphatic rings. The maximum absolute atomic E-state index is 5.72. The predicted molar refractivity (Wildman–Crippen MR) is 69.7 cm³/mol. The first-order valence-corrected chi connectivity index (χ1v) is 5.91. The zero-order chi connectivity index (χ0) is 12.3. The minimum Gasteiger partial charge on any atom is -0.493 e. The molecule has 0 atom stereocenters. The second-order valence-electron chi connectivity index (χ2n) is 3.60. The molecule has 0 spiro atoms. The molecule has 1 aromatic heterocycles. The third-order valence-electron chi connectivity index (χ3n) is 2.23. The number of pyridine rings is 1. The predicted octanol–water partition coefficient (Wildman–Crippen LogP) is 3.95. The van der Waals surface area contributed by atoms with Crippen LogP contribution in [-0.4, -0.2) is 12.1 Å². The van der Waals surface area contributed by atoms with E-state index in [1.165, 1.54) is 0 Å². The fraction of sp³-hybridized carbons (Fsp3) is 0.154. The number of aromatic nitrogens is 1. The number of nitrogens with zero attached hydrogens (tertiary/aromatic N) is 1. The Hall–Kier alpha value is -1.55. The first kappa shape index (κ1) is 11.9. The minimum atomic E-state index is 0.668. The van der Waals surface area contributed by atoms with Gasteiger partial charge in [0.15, 0.2) is 11.5 Å². The van der Waals surface area contributed by atoms with E-state index in [9.17, 15) is 0 Å². The first-order valence-electron chi connectivity index (χ1n) is 5.12. The smallest absolute Gasteiger partial charge is 0.169 e. The van der Waals surface area contributed by atoms with Crippen molar-refractivity contribution in [1.29, 1.82) is 0 Å². The Morgan fingerprint density at radius 3 is 2.65 bits per heavy atom. The molecule has 0 aliphatic carbocycles. The van der Waals surface area contributed by atoms with Crippen LogP contribution in [0, 0.1) is 6.92 Å². The van der Waals surface area contributed by atoms with Gasteiger partial charge in [0.1, 0.15) is 5.75 Å². The quantitative estimate of drug-likeness (QED) is 0.858. The summed E-state index contributed by atoms with van der Waals surface area (Å²) in [4.78, 5) is 4.04. The molecule has 0 bridgehead atoms. The van der Waals surface area contributed by atoms with Gasteiger partial charge < -0.3 is 9.47 Å². The Morgan fingerprint density at radius 1 is 1.12 bits per heavy atom. The van der Waals surface area contributed by atoms with E-state index >= 15 is 0 Å². The summed E-state index contributed by atoms with van der Waals surface area (Å²) in [6.07, 6.45) is 3.36. The van der Waals surface area contributed by atoms with Crippen molar-refractivity contribution in [2.75, 3.05) is 7.11 Å². The van der Waals surface area contributed by atoms with Crippen LogP contribution in [0.5, 0.6) is 17.2 Å². The second-order valence-corrected chi connectivity index (χ2v) is 4.51. The number of benzene rings is 1. The molecule has 0 amide bonds. The third kappa shape index (κ3) is 2.97. The van der Waals surface area contributed by atoms with Crippen LogP contribution < -0.4 is 9.47 Å². The lowest BCUT2D eigenvalue weighted by atomic mass is 10.2. The van der Waals surface area contributed by atoms with Crippen molar-refractivity contribution in [2.45, 2.75) is 6.92 Å². The summed E-state index contributed by atoms with van der Waals surface area (Å²) >= 11 is 3.35. The Balaban J connectivity index is 2.29. The maximum Gasteiger partial charge on any atom is 0.169 e. The number of aryl methyl sites for hydroxylation is 1. The summed E-state index contributed by atoms with van der Waals surface area (Å²) in [5.74, 6) is 2.06. The molecule has 2 aromatic rings. The van der Waals surface area contributed by atoms with Gasteiger partial charge in [0.05, 0.1) is 13.3 Å².